The van der Waals surface area contributed by atoms with Crippen LogP contribution in [0.1, 0.15) is 25.0 Å². The molecular formula is C19H27N5O3. The largest absolute Gasteiger partial charge is 0.383 e. The summed E-state index contributed by atoms with van der Waals surface area (Å²) in [4.78, 5) is 39.3. The summed E-state index contributed by atoms with van der Waals surface area (Å²) in [6.45, 7) is 3.63. The first kappa shape index (κ1) is 20.3. The molecule has 2 aromatic rings. The molecule has 0 bridgehead atoms. The van der Waals surface area contributed by atoms with Crippen LogP contribution in [0.4, 0.5) is 17.2 Å². The van der Waals surface area contributed by atoms with Crippen LogP contribution in [-0.4, -0.2) is 29.1 Å². The number of carbonyl (C=O) groups excluding carboxylic acids is 1. The second-order valence-corrected chi connectivity index (χ2v) is 6.57. The minimum atomic E-state index is -0.627. The van der Waals surface area contributed by atoms with Crippen LogP contribution in [0.3, 0.4) is 0 Å². The fourth-order valence-electron chi connectivity index (χ4n) is 3.05. The molecule has 0 aliphatic heterocycles. The quantitative estimate of drug-likeness (QED) is 0.785. The number of nitrogens with two attached hydrogens (primary N) is 1. The van der Waals surface area contributed by atoms with Crippen molar-refractivity contribution in [3.63, 3.8) is 0 Å². The predicted molar refractivity (Wildman–Crippen MR) is 109 cm³/mol. The minimum absolute atomic E-state index is 0.0660. The molecule has 0 fully saturated rings. The monoisotopic (exact) mass is 373 g/mol. The van der Waals surface area contributed by atoms with Crippen molar-refractivity contribution >= 4 is 23.1 Å². The Balaban J connectivity index is 2.44. The number of amides is 1. The third-order valence-electron chi connectivity index (χ3n) is 4.58. The number of carbonyl (C=O) groups is 1. The molecular weight excluding hydrogens is 346 g/mol. The van der Waals surface area contributed by atoms with Gasteiger partial charge in [-0.2, -0.15) is 0 Å². The molecule has 3 N–H and O–H groups in total. The van der Waals surface area contributed by atoms with Crippen LogP contribution in [0, 0.1) is 0 Å². The summed E-state index contributed by atoms with van der Waals surface area (Å²) < 4.78 is 2.07. The highest BCUT2D eigenvalue weighted by molar-refractivity contribution is 5.92. The number of rotatable bonds is 6. The van der Waals surface area contributed by atoms with Gasteiger partial charge in [0.1, 0.15) is 18.1 Å². The fraction of sp³-hybridized carbons (Fsp3) is 0.421. The molecule has 0 radical (unpaired) electrons. The van der Waals surface area contributed by atoms with Gasteiger partial charge in [-0.3, -0.25) is 14.2 Å². The van der Waals surface area contributed by atoms with E-state index in [9.17, 15) is 14.4 Å². The number of benzene rings is 1. The summed E-state index contributed by atoms with van der Waals surface area (Å²) in [5.41, 5.74) is 7.62. The maximum atomic E-state index is 12.7. The minimum Gasteiger partial charge on any atom is -0.383 e. The zero-order chi connectivity index (χ0) is 20.3. The number of nitrogen functional groups attached to an aromatic ring is 1. The number of aromatic nitrogens is 2. The van der Waals surface area contributed by atoms with Crippen LogP contribution >= 0.6 is 0 Å². The molecule has 1 heterocycles. The van der Waals surface area contributed by atoms with Crippen molar-refractivity contribution < 1.29 is 4.79 Å². The van der Waals surface area contributed by atoms with Crippen LogP contribution in [0.2, 0.25) is 0 Å². The Morgan fingerprint density at radius 1 is 1.15 bits per heavy atom. The molecule has 8 nitrogen and oxygen atoms in total. The molecule has 1 aromatic heterocycles. The average Bonchev–Trinajstić information content (AvgIpc) is 2.63. The maximum Gasteiger partial charge on any atom is 0.332 e. The predicted octanol–water partition coefficient (Wildman–Crippen LogP) is 0.959. The average molecular weight is 373 g/mol. The summed E-state index contributed by atoms with van der Waals surface area (Å²) >= 11 is 0. The summed E-state index contributed by atoms with van der Waals surface area (Å²) in [6, 6.07) is 5.86. The van der Waals surface area contributed by atoms with Gasteiger partial charge in [-0.05, 0) is 24.0 Å². The van der Waals surface area contributed by atoms with E-state index in [0.717, 1.165) is 34.2 Å². The van der Waals surface area contributed by atoms with E-state index >= 15 is 0 Å². The number of hydrogen-bond acceptors (Lipinski definition) is 5. The molecule has 27 heavy (non-hydrogen) atoms. The van der Waals surface area contributed by atoms with E-state index in [2.05, 4.69) is 5.32 Å². The van der Waals surface area contributed by atoms with Gasteiger partial charge in [0.2, 0.25) is 5.91 Å². The molecule has 0 saturated carbocycles. The lowest BCUT2D eigenvalue weighted by atomic mass is 10.0. The van der Waals surface area contributed by atoms with E-state index in [1.807, 2.05) is 32.0 Å². The van der Waals surface area contributed by atoms with Gasteiger partial charge in [0.05, 0.1) is 0 Å². The summed E-state index contributed by atoms with van der Waals surface area (Å²) in [6.07, 6.45) is 1.52. The standard InChI is InChI=1S/C19H27N5O3/c1-6-12-9-8-10-13(7-2)15(12)21-14(25)11-24-18(26)16(22(3)4)17(20)23(5)19(24)27/h8-10H,6-7,11,20H2,1-5H3,(H,21,25). The zero-order valence-electron chi connectivity index (χ0n) is 16.5. The van der Waals surface area contributed by atoms with E-state index < -0.39 is 17.2 Å². The van der Waals surface area contributed by atoms with Gasteiger partial charge in [-0.25, -0.2) is 9.36 Å². The van der Waals surface area contributed by atoms with Gasteiger partial charge in [-0.1, -0.05) is 32.0 Å². The second-order valence-electron chi connectivity index (χ2n) is 6.57. The van der Waals surface area contributed by atoms with Crippen LogP contribution in [0.15, 0.2) is 27.8 Å². The number of anilines is 3. The number of nitrogens with one attached hydrogen (secondary N) is 1. The Labute approximate surface area is 158 Å². The van der Waals surface area contributed by atoms with Crippen LogP contribution in [0.25, 0.3) is 0 Å². The fourth-order valence-corrected chi connectivity index (χ4v) is 3.05. The number of nitrogens with zero attached hydrogens (tertiary/aromatic N) is 3. The smallest absolute Gasteiger partial charge is 0.332 e. The summed E-state index contributed by atoms with van der Waals surface area (Å²) in [5.74, 6) is -0.365. The van der Waals surface area contributed by atoms with E-state index in [1.54, 1.807) is 14.1 Å². The molecule has 8 heteroatoms. The lowest BCUT2D eigenvalue weighted by molar-refractivity contribution is -0.116. The molecule has 1 aromatic carbocycles. The normalized spacial score (nSPS) is 10.7. The molecule has 0 atom stereocenters. The summed E-state index contributed by atoms with van der Waals surface area (Å²) in [5, 5.41) is 2.88. The number of para-hydroxylation sites is 1. The Bertz CT molecular complexity index is 950. The van der Waals surface area contributed by atoms with Crippen molar-refractivity contribution in [3.8, 4) is 0 Å². The van der Waals surface area contributed by atoms with Crippen molar-refractivity contribution in [1.82, 2.24) is 9.13 Å². The third-order valence-corrected chi connectivity index (χ3v) is 4.58. The Morgan fingerprint density at radius 3 is 2.19 bits per heavy atom. The van der Waals surface area contributed by atoms with Crippen molar-refractivity contribution in [1.29, 1.82) is 0 Å². The van der Waals surface area contributed by atoms with Gasteiger partial charge in [-0.15, -0.1) is 0 Å². The SMILES string of the molecule is CCc1cccc(CC)c1NC(=O)Cn1c(=O)c(N(C)C)c(N)n(C)c1=O. The maximum absolute atomic E-state index is 12.7. The first-order valence-corrected chi connectivity index (χ1v) is 8.90. The molecule has 0 aliphatic rings. The molecule has 0 spiro atoms. The van der Waals surface area contributed by atoms with Crippen LogP contribution in [-0.2, 0) is 31.2 Å². The van der Waals surface area contributed by atoms with Crippen molar-refractivity contribution in [2.24, 2.45) is 7.05 Å². The van der Waals surface area contributed by atoms with Crippen LogP contribution in [0.5, 0.6) is 0 Å². The van der Waals surface area contributed by atoms with E-state index in [4.69, 9.17) is 5.73 Å². The molecule has 146 valence electrons. The van der Waals surface area contributed by atoms with Crippen molar-refractivity contribution in [2.75, 3.05) is 30.0 Å². The Kier molecular flexibility index (Phi) is 6.09. The highest BCUT2D eigenvalue weighted by Crippen LogP contribution is 2.22. The van der Waals surface area contributed by atoms with Crippen molar-refractivity contribution in [2.45, 2.75) is 33.2 Å². The Hall–Kier alpha value is -3.03. The van der Waals surface area contributed by atoms with E-state index in [-0.39, 0.29) is 18.1 Å². The van der Waals surface area contributed by atoms with Crippen molar-refractivity contribution in [3.05, 3.63) is 50.2 Å². The number of aryl methyl sites for hydroxylation is 2. The number of hydrogen-bond donors (Lipinski definition) is 2. The second kappa shape index (κ2) is 8.11. The van der Waals surface area contributed by atoms with Gasteiger partial charge in [0, 0.05) is 26.8 Å². The van der Waals surface area contributed by atoms with Gasteiger partial charge in [0.25, 0.3) is 5.56 Å². The first-order chi connectivity index (χ1) is 12.7. The lowest BCUT2D eigenvalue weighted by Gasteiger charge is -2.19. The zero-order valence-corrected chi connectivity index (χ0v) is 16.5. The van der Waals surface area contributed by atoms with E-state index in [0.29, 0.717) is 0 Å². The molecule has 2 rings (SSSR count). The van der Waals surface area contributed by atoms with Crippen LogP contribution < -0.4 is 27.2 Å². The highest BCUT2D eigenvalue weighted by atomic mass is 16.2. The lowest BCUT2D eigenvalue weighted by Crippen LogP contribution is -2.44. The third kappa shape index (κ3) is 3.89. The molecule has 0 saturated heterocycles. The van der Waals surface area contributed by atoms with Gasteiger partial charge in [0.15, 0.2) is 0 Å². The highest BCUT2D eigenvalue weighted by Gasteiger charge is 2.19. The topological polar surface area (TPSA) is 102 Å². The van der Waals surface area contributed by atoms with Gasteiger partial charge >= 0.3 is 5.69 Å². The molecule has 0 aliphatic carbocycles. The first-order valence-electron chi connectivity index (χ1n) is 8.90. The van der Waals surface area contributed by atoms with E-state index in [1.165, 1.54) is 16.5 Å². The Morgan fingerprint density at radius 2 is 1.70 bits per heavy atom. The van der Waals surface area contributed by atoms with Gasteiger partial charge < -0.3 is 16.0 Å². The summed E-state index contributed by atoms with van der Waals surface area (Å²) in [7, 11) is 4.79. The molecule has 1 amide bonds. The molecule has 0 unspecified atom stereocenters.